The van der Waals surface area contributed by atoms with Crippen molar-refractivity contribution in [3.8, 4) is 0 Å². The van der Waals surface area contributed by atoms with E-state index in [1.807, 2.05) is 0 Å². The van der Waals surface area contributed by atoms with Crippen LogP contribution in [0.25, 0.3) is 11.2 Å². The Labute approximate surface area is 141 Å². The van der Waals surface area contributed by atoms with Gasteiger partial charge in [0.1, 0.15) is 25.0 Å². The van der Waals surface area contributed by atoms with Crippen LogP contribution in [0, 0.1) is 0 Å². The van der Waals surface area contributed by atoms with E-state index in [9.17, 15) is 14.4 Å². The SMILES string of the molecule is CC(=O)OC[C@@H]1O[C@@H](n2cnc3c(=O)[nH]c(N)nc32)C[C@@H]1OC(C)=O. The fraction of sp³-hybridized carbons (Fsp3) is 0.500. The zero-order valence-electron chi connectivity index (χ0n) is 13.6. The number of aromatic nitrogens is 4. The average molecular weight is 351 g/mol. The number of ether oxygens (including phenoxy) is 3. The van der Waals surface area contributed by atoms with Gasteiger partial charge in [-0.3, -0.25) is 23.9 Å². The molecule has 0 amide bonds. The van der Waals surface area contributed by atoms with Gasteiger partial charge in [0, 0.05) is 20.3 Å². The Kier molecular flexibility index (Phi) is 4.40. The topological polar surface area (TPSA) is 151 Å². The molecule has 0 aromatic carbocycles. The number of carbonyl (C=O) groups excluding carboxylic acids is 2. The number of aromatic amines is 1. The van der Waals surface area contributed by atoms with Crippen molar-refractivity contribution in [2.45, 2.75) is 38.7 Å². The van der Waals surface area contributed by atoms with Crippen molar-refractivity contribution in [1.29, 1.82) is 0 Å². The molecule has 0 saturated carbocycles. The van der Waals surface area contributed by atoms with Gasteiger partial charge in [0.25, 0.3) is 5.56 Å². The van der Waals surface area contributed by atoms with Gasteiger partial charge in [0.2, 0.25) is 5.95 Å². The summed E-state index contributed by atoms with van der Waals surface area (Å²) in [4.78, 5) is 44.6. The zero-order valence-corrected chi connectivity index (χ0v) is 13.6. The highest BCUT2D eigenvalue weighted by molar-refractivity contribution is 5.70. The first-order valence-corrected chi connectivity index (χ1v) is 7.53. The van der Waals surface area contributed by atoms with E-state index in [1.54, 1.807) is 0 Å². The van der Waals surface area contributed by atoms with Crippen molar-refractivity contribution in [3.63, 3.8) is 0 Å². The predicted octanol–water partition coefficient (Wildman–Crippen LogP) is -0.516. The number of hydrogen-bond donors (Lipinski definition) is 2. The van der Waals surface area contributed by atoms with Crippen molar-refractivity contribution in [2.24, 2.45) is 0 Å². The molecule has 2 aromatic heterocycles. The van der Waals surface area contributed by atoms with Crippen LogP contribution in [-0.2, 0) is 23.8 Å². The molecule has 0 bridgehead atoms. The molecule has 3 N–H and O–H groups in total. The molecule has 3 rings (SSSR count). The minimum Gasteiger partial charge on any atom is -0.463 e. The van der Waals surface area contributed by atoms with E-state index < -0.39 is 35.9 Å². The summed E-state index contributed by atoms with van der Waals surface area (Å²) in [6.07, 6.45) is -0.182. The highest BCUT2D eigenvalue weighted by atomic mass is 16.6. The number of hydrogen-bond acceptors (Lipinski definition) is 9. The molecule has 11 heteroatoms. The van der Waals surface area contributed by atoms with Gasteiger partial charge in [-0.15, -0.1) is 0 Å². The molecule has 2 aromatic rings. The third-order valence-electron chi connectivity index (χ3n) is 3.71. The van der Waals surface area contributed by atoms with E-state index in [-0.39, 0.29) is 30.1 Å². The van der Waals surface area contributed by atoms with Crippen LogP contribution in [0.4, 0.5) is 5.95 Å². The largest absolute Gasteiger partial charge is 0.463 e. The highest BCUT2D eigenvalue weighted by Crippen LogP contribution is 2.32. The first-order chi connectivity index (χ1) is 11.8. The zero-order chi connectivity index (χ0) is 18.1. The van der Waals surface area contributed by atoms with Gasteiger partial charge in [-0.2, -0.15) is 4.98 Å². The minimum absolute atomic E-state index is 0.0507. The summed E-state index contributed by atoms with van der Waals surface area (Å²) in [5.74, 6) is -0.996. The smallest absolute Gasteiger partial charge is 0.303 e. The summed E-state index contributed by atoms with van der Waals surface area (Å²) >= 11 is 0. The van der Waals surface area contributed by atoms with E-state index in [1.165, 1.54) is 24.7 Å². The quantitative estimate of drug-likeness (QED) is 0.693. The molecular weight excluding hydrogens is 334 g/mol. The lowest BCUT2D eigenvalue weighted by molar-refractivity contribution is -0.155. The lowest BCUT2D eigenvalue weighted by Crippen LogP contribution is -2.31. The maximum atomic E-state index is 11.9. The van der Waals surface area contributed by atoms with Gasteiger partial charge in [-0.1, -0.05) is 0 Å². The lowest BCUT2D eigenvalue weighted by Gasteiger charge is -2.17. The van der Waals surface area contributed by atoms with Gasteiger partial charge >= 0.3 is 11.9 Å². The number of nitrogens with one attached hydrogen (secondary N) is 1. The van der Waals surface area contributed by atoms with Crippen LogP contribution >= 0.6 is 0 Å². The Balaban J connectivity index is 1.89. The number of rotatable bonds is 4. The molecular formula is C14H17N5O6. The number of imidazole rings is 1. The van der Waals surface area contributed by atoms with Crippen LogP contribution in [0.15, 0.2) is 11.1 Å². The Morgan fingerprint density at radius 2 is 2.20 bits per heavy atom. The molecule has 3 heterocycles. The standard InChI is InChI=1S/C14H17N5O6/c1-6(20)23-4-9-8(24-7(2)21)3-10(25-9)19-5-16-11-12(19)17-14(15)18-13(11)22/h5,8-10H,3-4H2,1-2H3,(H3,15,17,18,22)/t8-,9-,10+/m0/s1. The van der Waals surface area contributed by atoms with Crippen LogP contribution in [0.3, 0.4) is 0 Å². The van der Waals surface area contributed by atoms with Crippen LogP contribution < -0.4 is 11.3 Å². The van der Waals surface area contributed by atoms with Crippen molar-refractivity contribution in [3.05, 3.63) is 16.7 Å². The molecule has 0 aliphatic carbocycles. The molecule has 1 aliphatic heterocycles. The maximum Gasteiger partial charge on any atom is 0.303 e. The van der Waals surface area contributed by atoms with Gasteiger partial charge in [0.15, 0.2) is 11.2 Å². The molecule has 1 aliphatic rings. The highest BCUT2D eigenvalue weighted by Gasteiger charge is 2.40. The third kappa shape index (κ3) is 3.45. The molecule has 25 heavy (non-hydrogen) atoms. The number of nitrogen functional groups attached to an aromatic ring is 1. The molecule has 0 radical (unpaired) electrons. The summed E-state index contributed by atoms with van der Waals surface area (Å²) in [6, 6.07) is 0. The van der Waals surface area contributed by atoms with Gasteiger partial charge in [0.05, 0.1) is 6.33 Å². The number of fused-ring (bicyclic) bond motifs is 1. The number of carbonyl (C=O) groups is 2. The first kappa shape index (κ1) is 16.9. The minimum atomic E-state index is -0.644. The van der Waals surface area contributed by atoms with E-state index in [4.69, 9.17) is 19.9 Å². The molecule has 1 fully saturated rings. The molecule has 0 spiro atoms. The van der Waals surface area contributed by atoms with E-state index in [2.05, 4.69) is 15.0 Å². The summed E-state index contributed by atoms with van der Waals surface area (Å²) < 4.78 is 17.6. The molecule has 3 atom stereocenters. The Bertz CT molecular complexity index is 874. The summed E-state index contributed by atoms with van der Waals surface area (Å²) in [7, 11) is 0. The predicted molar refractivity (Wildman–Crippen MR) is 83.3 cm³/mol. The fourth-order valence-corrected chi connectivity index (χ4v) is 2.71. The Hall–Kier alpha value is -2.95. The number of esters is 2. The summed E-state index contributed by atoms with van der Waals surface area (Å²) in [5.41, 5.74) is 5.48. The number of nitrogens with two attached hydrogens (primary N) is 1. The second-order valence-electron chi connectivity index (χ2n) is 5.59. The normalized spacial score (nSPS) is 22.9. The van der Waals surface area contributed by atoms with Crippen molar-refractivity contribution in [2.75, 3.05) is 12.3 Å². The van der Waals surface area contributed by atoms with Gasteiger partial charge < -0.3 is 19.9 Å². The summed E-state index contributed by atoms with van der Waals surface area (Å²) in [5, 5.41) is 0. The van der Waals surface area contributed by atoms with Crippen LogP contribution in [-0.4, -0.2) is 50.3 Å². The van der Waals surface area contributed by atoms with E-state index in [0.29, 0.717) is 0 Å². The molecule has 0 unspecified atom stereocenters. The Morgan fingerprint density at radius 1 is 1.44 bits per heavy atom. The first-order valence-electron chi connectivity index (χ1n) is 7.53. The van der Waals surface area contributed by atoms with E-state index >= 15 is 0 Å². The summed E-state index contributed by atoms with van der Waals surface area (Å²) in [6.45, 7) is 2.49. The third-order valence-corrected chi connectivity index (χ3v) is 3.71. The number of H-pyrrole nitrogens is 1. The van der Waals surface area contributed by atoms with Crippen molar-refractivity contribution >= 4 is 29.1 Å². The van der Waals surface area contributed by atoms with Crippen molar-refractivity contribution < 1.29 is 23.8 Å². The molecule has 11 nitrogen and oxygen atoms in total. The molecule has 1 saturated heterocycles. The number of nitrogens with zero attached hydrogens (tertiary/aromatic N) is 3. The van der Waals surface area contributed by atoms with Crippen LogP contribution in [0.2, 0.25) is 0 Å². The second-order valence-corrected chi connectivity index (χ2v) is 5.59. The maximum absolute atomic E-state index is 11.9. The lowest BCUT2D eigenvalue weighted by atomic mass is 10.2. The average Bonchev–Trinajstić information content (AvgIpc) is 3.08. The van der Waals surface area contributed by atoms with Crippen LogP contribution in [0.5, 0.6) is 0 Å². The second kappa shape index (κ2) is 6.51. The van der Waals surface area contributed by atoms with Crippen molar-refractivity contribution in [1.82, 2.24) is 19.5 Å². The Morgan fingerprint density at radius 3 is 2.88 bits per heavy atom. The van der Waals surface area contributed by atoms with Crippen LogP contribution in [0.1, 0.15) is 26.5 Å². The van der Waals surface area contributed by atoms with Gasteiger partial charge in [-0.05, 0) is 0 Å². The van der Waals surface area contributed by atoms with E-state index in [0.717, 1.165) is 0 Å². The fourth-order valence-electron chi connectivity index (χ4n) is 2.71. The van der Waals surface area contributed by atoms with Gasteiger partial charge in [-0.25, -0.2) is 4.98 Å². The number of anilines is 1. The molecule has 134 valence electrons. The monoisotopic (exact) mass is 351 g/mol.